The van der Waals surface area contributed by atoms with Gasteiger partial charge in [-0.15, -0.1) is 0 Å². The highest BCUT2D eigenvalue weighted by molar-refractivity contribution is 6.62. The third-order valence-electron chi connectivity index (χ3n) is 9.13. The summed E-state index contributed by atoms with van der Waals surface area (Å²) >= 11 is 0. The van der Waals surface area contributed by atoms with Crippen LogP contribution in [0.2, 0.25) is 0 Å². The van der Waals surface area contributed by atoms with E-state index in [1.165, 1.54) is 30.2 Å². The maximum Gasteiger partial charge on any atom is 0.640 e. The van der Waals surface area contributed by atoms with Crippen LogP contribution < -0.4 is 5.59 Å². The van der Waals surface area contributed by atoms with Gasteiger partial charge in [-0.05, 0) is 91.2 Å². The molecule has 1 aliphatic carbocycles. The minimum absolute atomic E-state index is 0.00431. The van der Waals surface area contributed by atoms with E-state index in [1.807, 2.05) is 13.8 Å². The van der Waals surface area contributed by atoms with Crippen LogP contribution in [0.1, 0.15) is 94.0 Å². The predicted molar refractivity (Wildman–Crippen MR) is 145 cm³/mol. The summed E-state index contributed by atoms with van der Waals surface area (Å²) in [5.41, 5.74) is 0.0316. The van der Waals surface area contributed by atoms with Gasteiger partial charge in [-0.2, -0.15) is 0 Å². The largest absolute Gasteiger partial charge is 0.640 e. The van der Waals surface area contributed by atoms with Gasteiger partial charge in [0.15, 0.2) is 0 Å². The lowest BCUT2D eigenvalue weighted by molar-refractivity contribution is -0.127. The number of hydrogen-bond acceptors (Lipinski definition) is 5. The molecule has 5 rings (SSSR count). The van der Waals surface area contributed by atoms with Crippen molar-refractivity contribution in [2.75, 3.05) is 0 Å². The maximum absolute atomic E-state index is 6.97. The van der Waals surface area contributed by atoms with Crippen LogP contribution in [-0.4, -0.2) is 47.5 Å². The van der Waals surface area contributed by atoms with Crippen LogP contribution >= 0.6 is 0 Å². The molecule has 196 valence electrons. The van der Waals surface area contributed by atoms with Crippen molar-refractivity contribution >= 4 is 30.9 Å². The molecule has 1 aromatic heterocycles. The SMILES string of the molecule is CC(C)OB1OC(C)(C)C(CC2(C)OB(c3cc4ccccc4n3C3CCC3)OC2(C)C)(C(C)C)O1. The molecule has 0 amide bonds. The van der Waals surface area contributed by atoms with Crippen LogP contribution in [0, 0.1) is 5.92 Å². The van der Waals surface area contributed by atoms with E-state index in [-0.39, 0.29) is 12.0 Å². The lowest BCUT2D eigenvalue weighted by Crippen LogP contribution is -2.59. The van der Waals surface area contributed by atoms with Crippen molar-refractivity contribution in [3.63, 3.8) is 0 Å². The Bertz CT molecular complexity index is 1110. The summed E-state index contributed by atoms with van der Waals surface area (Å²) in [6.45, 7) is 19.1. The second-order valence-electron chi connectivity index (χ2n) is 12.8. The van der Waals surface area contributed by atoms with Crippen LogP contribution in [0.15, 0.2) is 30.3 Å². The molecular formula is C28H43B2NO5. The van der Waals surface area contributed by atoms with Gasteiger partial charge in [0.2, 0.25) is 0 Å². The average Bonchev–Trinajstić information content (AvgIpc) is 3.29. The molecule has 8 heteroatoms. The minimum Gasteiger partial charge on any atom is -0.398 e. The summed E-state index contributed by atoms with van der Waals surface area (Å²) in [5, 5.41) is 1.24. The molecule has 2 aliphatic heterocycles. The molecule has 0 N–H and O–H groups in total. The highest BCUT2D eigenvalue weighted by Gasteiger charge is 2.66. The summed E-state index contributed by atoms with van der Waals surface area (Å²) in [6.07, 6.45) is 4.30. The van der Waals surface area contributed by atoms with Crippen LogP contribution in [0.4, 0.5) is 0 Å². The molecule has 2 aromatic rings. The summed E-state index contributed by atoms with van der Waals surface area (Å²) in [6, 6.07) is 11.4. The predicted octanol–water partition coefficient (Wildman–Crippen LogP) is 5.67. The molecule has 0 bridgehead atoms. The number of benzene rings is 1. The lowest BCUT2D eigenvalue weighted by Gasteiger charge is -2.49. The number of fused-ring (bicyclic) bond motifs is 1. The van der Waals surface area contributed by atoms with Gasteiger partial charge < -0.3 is 27.8 Å². The molecule has 1 saturated carbocycles. The Balaban J connectivity index is 1.49. The summed E-state index contributed by atoms with van der Waals surface area (Å²) in [7, 11) is -1.15. The topological polar surface area (TPSA) is 51.1 Å². The number of nitrogens with zero attached hydrogens (tertiary/aromatic N) is 1. The van der Waals surface area contributed by atoms with E-state index < -0.39 is 36.8 Å². The molecule has 0 spiro atoms. The summed E-state index contributed by atoms with van der Waals surface area (Å²) in [5.74, 6) is 0.171. The van der Waals surface area contributed by atoms with Gasteiger partial charge in [-0.3, -0.25) is 0 Å². The first-order valence-electron chi connectivity index (χ1n) is 13.8. The number of aromatic nitrogens is 1. The highest BCUT2D eigenvalue weighted by atomic mass is 16.8. The Hall–Kier alpha value is -1.31. The van der Waals surface area contributed by atoms with E-state index in [0.29, 0.717) is 12.5 Å². The normalized spacial score (nSPS) is 30.2. The first-order valence-corrected chi connectivity index (χ1v) is 13.8. The Morgan fingerprint density at radius 2 is 1.64 bits per heavy atom. The average molecular weight is 495 g/mol. The van der Waals surface area contributed by atoms with Crippen molar-refractivity contribution in [1.82, 2.24) is 4.57 Å². The van der Waals surface area contributed by atoms with Crippen LogP contribution in [-0.2, 0) is 23.3 Å². The van der Waals surface area contributed by atoms with Gasteiger partial charge >= 0.3 is 14.4 Å². The molecule has 36 heavy (non-hydrogen) atoms. The zero-order valence-corrected chi connectivity index (χ0v) is 23.6. The standard InChI is InChI=1S/C28H43B2NO5/c1-19(2)28(26(7,8)34-30(36-28)32-20(3)4)18-27(9)25(5,6)33-29(35-27)24-17-21-13-10-11-16-23(21)31(24)22-14-12-15-22/h10-11,13,16-17,19-20,22H,12,14-15,18H2,1-9H3. The second kappa shape index (κ2) is 8.88. The van der Waals surface area contributed by atoms with Crippen LogP contribution in [0.25, 0.3) is 10.9 Å². The molecule has 0 radical (unpaired) electrons. The Morgan fingerprint density at radius 3 is 2.25 bits per heavy atom. The van der Waals surface area contributed by atoms with Gasteiger partial charge in [-0.25, -0.2) is 0 Å². The Morgan fingerprint density at radius 1 is 0.944 bits per heavy atom. The molecule has 2 saturated heterocycles. The van der Waals surface area contributed by atoms with E-state index in [1.54, 1.807) is 0 Å². The second-order valence-corrected chi connectivity index (χ2v) is 12.8. The van der Waals surface area contributed by atoms with Crippen molar-refractivity contribution in [3.8, 4) is 0 Å². The Kier molecular flexibility index (Phi) is 6.48. The third kappa shape index (κ3) is 4.08. The summed E-state index contributed by atoms with van der Waals surface area (Å²) in [4.78, 5) is 0. The smallest absolute Gasteiger partial charge is 0.398 e. The third-order valence-corrected chi connectivity index (χ3v) is 9.13. The van der Waals surface area contributed by atoms with E-state index in [9.17, 15) is 0 Å². The number of rotatable bonds is 7. The maximum atomic E-state index is 6.97. The van der Waals surface area contributed by atoms with E-state index in [2.05, 4.69) is 83.4 Å². The minimum atomic E-state index is -0.701. The van der Waals surface area contributed by atoms with Crippen molar-refractivity contribution in [1.29, 1.82) is 0 Å². The van der Waals surface area contributed by atoms with E-state index in [0.717, 1.165) is 5.59 Å². The van der Waals surface area contributed by atoms with Crippen molar-refractivity contribution in [3.05, 3.63) is 30.3 Å². The first-order chi connectivity index (χ1) is 16.8. The van der Waals surface area contributed by atoms with Gasteiger partial charge in [0, 0.05) is 29.7 Å². The molecular weight excluding hydrogens is 452 g/mol. The van der Waals surface area contributed by atoms with Gasteiger partial charge in [0.1, 0.15) is 0 Å². The fraction of sp³-hybridized carbons (Fsp3) is 0.714. The number of para-hydroxylation sites is 1. The van der Waals surface area contributed by atoms with Crippen molar-refractivity contribution in [2.45, 2.75) is 123 Å². The molecule has 2 atom stereocenters. The molecule has 6 nitrogen and oxygen atoms in total. The molecule has 3 aliphatic rings. The van der Waals surface area contributed by atoms with Crippen molar-refractivity contribution < 1.29 is 23.3 Å². The van der Waals surface area contributed by atoms with Gasteiger partial charge in [0.25, 0.3) is 0 Å². The van der Waals surface area contributed by atoms with Crippen LogP contribution in [0.5, 0.6) is 0 Å². The van der Waals surface area contributed by atoms with Gasteiger partial charge in [-0.1, -0.05) is 32.0 Å². The molecule has 3 fully saturated rings. The first kappa shape index (κ1) is 26.3. The molecule has 1 aromatic carbocycles. The molecule has 2 unspecified atom stereocenters. The van der Waals surface area contributed by atoms with Crippen LogP contribution in [0.3, 0.4) is 0 Å². The fourth-order valence-electron chi connectivity index (χ4n) is 6.35. The van der Waals surface area contributed by atoms with Gasteiger partial charge in [0.05, 0.1) is 22.4 Å². The van der Waals surface area contributed by atoms with E-state index >= 15 is 0 Å². The zero-order chi connectivity index (χ0) is 26.1. The lowest BCUT2D eigenvalue weighted by atomic mass is 9.67. The van der Waals surface area contributed by atoms with E-state index in [4.69, 9.17) is 23.3 Å². The quantitative estimate of drug-likeness (QED) is 0.464. The molecule has 3 heterocycles. The van der Waals surface area contributed by atoms with Crippen molar-refractivity contribution in [2.24, 2.45) is 5.92 Å². The summed E-state index contributed by atoms with van der Waals surface area (Å²) < 4.78 is 35.2. The zero-order valence-electron chi connectivity index (χ0n) is 23.6. The fourth-order valence-corrected chi connectivity index (χ4v) is 6.35. The monoisotopic (exact) mass is 495 g/mol. The Labute approximate surface area is 217 Å². The number of hydrogen-bond donors (Lipinski definition) is 0. The highest BCUT2D eigenvalue weighted by Crippen LogP contribution is 2.52.